The zero-order valence-electron chi connectivity index (χ0n) is 13.3. The van der Waals surface area contributed by atoms with E-state index in [4.69, 9.17) is 4.42 Å². The Labute approximate surface area is 126 Å². The maximum atomic E-state index is 10.6. The number of aryl methyl sites for hydroxylation is 3. The van der Waals surface area contributed by atoms with Gasteiger partial charge in [-0.05, 0) is 46.2 Å². The topological polar surface area (TPSA) is 63.2 Å². The first-order valence-corrected chi connectivity index (χ1v) is 7.39. The third-order valence-electron chi connectivity index (χ3n) is 3.77. The molecule has 0 bridgehead atoms. The maximum absolute atomic E-state index is 10.6. The van der Waals surface area contributed by atoms with Gasteiger partial charge in [0.05, 0.1) is 0 Å². The lowest BCUT2D eigenvalue weighted by molar-refractivity contribution is 0.0524. The zero-order valence-corrected chi connectivity index (χ0v) is 13.3. The molecule has 2 aromatic heterocycles. The van der Waals surface area contributed by atoms with Crippen molar-refractivity contribution in [1.82, 2.24) is 15.1 Å². The molecule has 2 aromatic rings. The molecule has 2 N–H and O–H groups in total. The number of hydrogen-bond donors (Lipinski definition) is 2. The highest BCUT2D eigenvalue weighted by atomic mass is 16.3. The second-order valence-electron chi connectivity index (χ2n) is 5.94. The summed E-state index contributed by atoms with van der Waals surface area (Å²) in [5, 5.41) is 18.2. The van der Waals surface area contributed by atoms with Crippen LogP contribution < -0.4 is 5.32 Å². The smallest absolute Gasteiger partial charge is 0.107 e. The molecule has 0 amide bonds. The summed E-state index contributed by atoms with van der Waals surface area (Å²) in [5.74, 6) is 1.61. The normalized spacial score (nSPS) is 15.9. The molecule has 0 saturated heterocycles. The Morgan fingerprint density at radius 1 is 1.48 bits per heavy atom. The quantitative estimate of drug-likeness (QED) is 0.822. The SMILES string of the molecule is Cc1cc(C(C)(O)CNC(C)CCn2cccn2)c(C)o1. The Hall–Kier alpha value is -1.59. The molecule has 116 valence electrons. The molecule has 0 saturated carbocycles. The molecular formula is C16H25N3O2. The van der Waals surface area contributed by atoms with Crippen molar-refractivity contribution in [1.29, 1.82) is 0 Å². The number of hydrogen-bond acceptors (Lipinski definition) is 4. The van der Waals surface area contributed by atoms with Gasteiger partial charge >= 0.3 is 0 Å². The lowest BCUT2D eigenvalue weighted by Gasteiger charge is -2.26. The number of furan rings is 1. The van der Waals surface area contributed by atoms with Gasteiger partial charge in [0.25, 0.3) is 0 Å². The summed E-state index contributed by atoms with van der Waals surface area (Å²) in [5.41, 5.74) is -0.0753. The summed E-state index contributed by atoms with van der Waals surface area (Å²) < 4.78 is 7.42. The van der Waals surface area contributed by atoms with Gasteiger partial charge in [-0.2, -0.15) is 5.10 Å². The second-order valence-corrected chi connectivity index (χ2v) is 5.94. The van der Waals surface area contributed by atoms with Gasteiger partial charge in [0.15, 0.2) is 0 Å². The minimum Gasteiger partial charge on any atom is -0.466 e. The largest absolute Gasteiger partial charge is 0.466 e. The Morgan fingerprint density at radius 3 is 2.81 bits per heavy atom. The highest BCUT2D eigenvalue weighted by molar-refractivity contribution is 5.26. The average Bonchev–Trinajstić information content (AvgIpc) is 3.04. The Kier molecular flexibility index (Phi) is 4.85. The predicted octanol–water partition coefficient (Wildman–Crippen LogP) is 2.37. The van der Waals surface area contributed by atoms with Crippen LogP contribution in [0.25, 0.3) is 0 Å². The van der Waals surface area contributed by atoms with E-state index >= 15 is 0 Å². The molecule has 0 aliphatic rings. The van der Waals surface area contributed by atoms with Crippen molar-refractivity contribution < 1.29 is 9.52 Å². The molecule has 5 heteroatoms. The van der Waals surface area contributed by atoms with Crippen molar-refractivity contribution >= 4 is 0 Å². The molecule has 2 unspecified atom stereocenters. The minimum absolute atomic E-state index is 0.300. The van der Waals surface area contributed by atoms with Crippen LogP contribution in [0, 0.1) is 13.8 Å². The summed E-state index contributed by atoms with van der Waals surface area (Å²) in [7, 11) is 0. The third-order valence-corrected chi connectivity index (χ3v) is 3.77. The molecule has 0 fully saturated rings. The lowest BCUT2D eigenvalue weighted by Crippen LogP contribution is -2.40. The van der Waals surface area contributed by atoms with Crippen LogP contribution in [0.2, 0.25) is 0 Å². The fourth-order valence-corrected chi connectivity index (χ4v) is 2.49. The predicted molar refractivity (Wildman–Crippen MR) is 82.1 cm³/mol. The second kappa shape index (κ2) is 6.45. The molecule has 2 rings (SSSR count). The zero-order chi connectivity index (χ0) is 15.5. The number of aromatic nitrogens is 2. The van der Waals surface area contributed by atoms with E-state index in [2.05, 4.69) is 17.3 Å². The van der Waals surface area contributed by atoms with Crippen LogP contribution in [0.4, 0.5) is 0 Å². The van der Waals surface area contributed by atoms with Gasteiger partial charge < -0.3 is 14.8 Å². The Bertz CT molecular complexity index is 558. The summed E-state index contributed by atoms with van der Waals surface area (Å²) in [6, 6.07) is 4.13. The summed E-state index contributed by atoms with van der Waals surface area (Å²) >= 11 is 0. The molecule has 0 aliphatic heterocycles. The number of nitrogens with zero attached hydrogens (tertiary/aromatic N) is 2. The van der Waals surface area contributed by atoms with Crippen molar-refractivity contribution in [2.24, 2.45) is 0 Å². The van der Waals surface area contributed by atoms with Crippen molar-refractivity contribution in [3.63, 3.8) is 0 Å². The van der Waals surface area contributed by atoms with E-state index in [9.17, 15) is 5.11 Å². The van der Waals surface area contributed by atoms with Gasteiger partial charge in [0.2, 0.25) is 0 Å². The van der Waals surface area contributed by atoms with E-state index in [1.165, 1.54) is 0 Å². The van der Waals surface area contributed by atoms with Crippen LogP contribution in [0.5, 0.6) is 0 Å². The standard InChI is InChI=1S/C16H25N3O2/c1-12(6-9-19-8-5-7-18-19)17-11-16(4,20)15-10-13(2)21-14(15)3/h5,7-8,10,12,17,20H,6,9,11H2,1-4H3. The van der Waals surface area contributed by atoms with Crippen molar-refractivity contribution in [2.45, 2.75) is 52.3 Å². The minimum atomic E-state index is -0.929. The van der Waals surface area contributed by atoms with Gasteiger partial charge in [-0.15, -0.1) is 0 Å². The molecule has 0 aliphatic carbocycles. The number of rotatable bonds is 7. The maximum Gasteiger partial charge on any atom is 0.107 e. The van der Waals surface area contributed by atoms with E-state index < -0.39 is 5.60 Å². The number of aliphatic hydroxyl groups is 1. The van der Waals surface area contributed by atoms with Crippen molar-refractivity contribution in [3.8, 4) is 0 Å². The first-order chi connectivity index (χ1) is 9.88. The number of nitrogens with one attached hydrogen (secondary N) is 1. The van der Waals surface area contributed by atoms with Crippen molar-refractivity contribution in [2.75, 3.05) is 6.54 Å². The van der Waals surface area contributed by atoms with Crippen LogP contribution in [0.3, 0.4) is 0 Å². The Balaban J connectivity index is 1.84. The summed E-state index contributed by atoms with van der Waals surface area (Å²) in [4.78, 5) is 0. The first-order valence-electron chi connectivity index (χ1n) is 7.39. The van der Waals surface area contributed by atoms with Gasteiger partial charge in [0.1, 0.15) is 17.1 Å². The molecule has 2 heterocycles. The summed E-state index contributed by atoms with van der Waals surface area (Å²) in [6.45, 7) is 9.08. The van der Waals surface area contributed by atoms with Crippen LogP contribution >= 0.6 is 0 Å². The first kappa shape index (κ1) is 15.8. The lowest BCUT2D eigenvalue weighted by atomic mass is 9.96. The summed E-state index contributed by atoms with van der Waals surface area (Å²) in [6.07, 6.45) is 4.70. The highest BCUT2D eigenvalue weighted by Gasteiger charge is 2.27. The van der Waals surface area contributed by atoms with E-state index in [1.54, 1.807) is 6.20 Å². The van der Waals surface area contributed by atoms with Crippen LogP contribution in [-0.2, 0) is 12.1 Å². The molecule has 0 radical (unpaired) electrons. The highest BCUT2D eigenvalue weighted by Crippen LogP contribution is 2.26. The van der Waals surface area contributed by atoms with Crippen LogP contribution in [0.15, 0.2) is 28.9 Å². The van der Waals surface area contributed by atoms with Crippen LogP contribution in [-0.4, -0.2) is 27.5 Å². The molecule has 5 nitrogen and oxygen atoms in total. The van der Waals surface area contributed by atoms with E-state index in [0.717, 1.165) is 30.0 Å². The molecule has 0 aromatic carbocycles. The van der Waals surface area contributed by atoms with E-state index in [-0.39, 0.29) is 0 Å². The molecule has 2 atom stereocenters. The van der Waals surface area contributed by atoms with Crippen LogP contribution in [0.1, 0.15) is 37.4 Å². The third kappa shape index (κ3) is 4.19. The molecule has 21 heavy (non-hydrogen) atoms. The average molecular weight is 291 g/mol. The monoisotopic (exact) mass is 291 g/mol. The van der Waals surface area contributed by atoms with E-state index in [1.807, 2.05) is 43.8 Å². The fourth-order valence-electron chi connectivity index (χ4n) is 2.49. The molecule has 0 spiro atoms. The van der Waals surface area contributed by atoms with Gasteiger partial charge in [-0.1, -0.05) is 0 Å². The van der Waals surface area contributed by atoms with E-state index in [0.29, 0.717) is 12.6 Å². The van der Waals surface area contributed by atoms with Gasteiger partial charge in [0, 0.05) is 37.1 Å². The fraction of sp³-hybridized carbons (Fsp3) is 0.562. The Morgan fingerprint density at radius 2 is 2.24 bits per heavy atom. The van der Waals surface area contributed by atoms with Crippen molar-refractivity contribution in [3.05, 3.63) is 41.6 Å². The molecular weight excluding hydrogens is 266 g/mol. The van der Waals surface area contributed by atoms with Gasteiger partial charge in [-0.3, -0.25) is 4.68 Å². The van der Waals surface area contributed by atoms with Gasteiger partial charge in [-0.25, -0.2) is 0 Å².